The fraction of sp³-hybridized carbons (Fsp3) is 0.424. The number of carbonyl (C=O) groups is 4. The van der Waals surface area contributed by atoms with Crippen LogP contribution in [-0.4, -0.2) is 99.6 Å². The van der Waals surface area contributed by atoms with E-state index in [0.717, 1.165) is 40.1 Å². The van der Waals surface area contributed by atoms with Crippen molar-refractivity contribution >= 4 is 56.8 Å². The maximum Gasteiger partial charge on any atom is 0.354 e. The van der Waals surface area contributed by atoms with Crippen LogP contribution in [0.25, 0.3) is 11.1 Å². The van der Waals surface area contributed by atoms with Crippen LogP contribution in [-0.2, 0) is 58.6 Å². The lowest BCUT2D eigenvalue weighted by Crippen LogP contribution is -2.76. The number of aromatic nitrogens is 2. The molecular formula is C33H42N8O12S2. The summed E-state index contributed by atoms with van der Waals surface area (Å²) < 4.78 is 45.7. The summed E-state index contributed by atoms with van der Waals surface area (Å²) >= 11 is 0.963. The number of hydrogen-bond donors (Lipinski definition) is 6. The van der Waals surface area contributed by atoms with Crippen LogP contribution in [0.1, 0.15) is 44.1 Å². The predicted octanol–water partition coefficient (Wildman–Crippen LogP) is -0.551. The molecule has 55 heavy (non-hydrogen) atoms. The number of amides is 2. The number of oxime groups is 1. The molecule has 0 saturated carbocycles. The molecule has 3 aromatic rings. The summed E-state index contributed by atoms with van der Waals surface area (Å²) in [5.41, 5.74) is 17.1. The van der Waals surface area contributed by atoms with Gasteiger partial charge in [-0.25, -0.2) is 22.8 Å². The van der Waals surface area contributed by atoms with E-state index >= 15 is 0 Å². The van der Waals surface area contributed by atoms with Gasteiger partial charge in [-0.15, -0.1) is 11.3 Å². The number of anilines is 1. The van der Waals surface area contributed by atoms with Gasteiger partial charge in [0.25, 0.3) is 23.9 Å². The Labute approximate surface area is 319 Å². The van der Waals surface area contributed by atoms with Gasteiger partial charge >= 0.3 is 5.97 Å². The fourth-order valence-corrected chi connectivity index (χ4v) is 6.92. The second kappa shape index (κ2) is 17.0. The zero-order chi connectivity index (χ0) is 40.9. The quantitative estimate of drug-likeness (QED) is 0.0226. The van der Waals surface area contributed by atoms with Crippen LogP contribution in [0.4, 0.5) is 5.13 Å². The van der Waals surface area contributed by atoms with E-state index in [9.17, 15) is 32.5 Å². The summed E-state index contributed by atoms with van der Waals surface area (Å²) in [5.74, 6) is -2.85. The van der Waals surface area contributed by atoms with Gasteiger partial charge in [-0.1, -0.05) is 11.2 Å². The van der Waals surface area contributed by atoms with Crippen LogP contribution >= 0.6 is 11.3 Å². The van der Waals surface area contributed by atoms with Crippen LogP contribution in [0.3, 0.4) is 0 Å². The van der Waals surface area contributed by atoms with Crippen molar-refractivity contribution in [1.29, 1.82) is 0 Å². The number of thiazole rings is 1. The van der Waals surface area contributed by atoms with Crippen molar-refractivity contribution in [2.24, 2.45) is 29.6 Å². The largest absolute Gasteiger partial charge is 0.724 e. The van der Waals surface area contributed by atoms with Crippen molar-refractivity contribution in [3.05, 3.63) is 58.9 Å². The SMILES string of the molecule is C[n+]1cc(-c2ccc3c(c2)CC[C@H](C(C)(O/N=C(\C(=O)N[C@@H]2C(=O)N(OS(=O)(=O)[O-])C2(C)C)c2csc(N)n2)C(=O)O)O3)ccc1CC(CN)CN.O=CO. The summed E-state index contributed by atoms with van der Waals surface area (Å²) in [6.07, 6.45) is 2.38. The van der Waals surface area contributed by atoms with E-state index in [0.29, 0.717) is 30.3 Å². The summed E-state index contributed by atoms with van der Waals surface area (Å²) in [4.78, 5) is 56.9. The van der Waals surface area contributed by atoms with E-state index in [-0.39, 0.29) is 29.6 Å². The van der Waals surface area contributed by atoms with Crippen LogP contribution < -0.4 is 31.8 Å². The molecule has 2 aliphatic heterocycles. The molecule has 3 atom stereocenters. The molecule has 1 unspecified atom stereocenters. The zero-order valence-electron chi connectivity index (χ0n) is 30.2. The van der Waals surface area contributed by atoms with Crippen LogP contribution in [0, 0.1) is 5.92 Å². The lowest BCUT2D eigenvalue weighted by Gasteiger charge is -2.51. The number of carboxylic acid groups (broad SMARTS) is 2. The molecule has 0 spiro atoms. The molecular weight excluding hydrogens is 765 g/mol. The van der Waals surface area contributed by atoms with Gasteiger partial charge < -0.3 is 46.9 Å². The van der Waals surface area contributed by atoms with Gasteiger partial charge in [0.15, 0.2) is 28.8 Å². The minimum atomic E-state index is -5.28. The molecule has 1 saturated heterocycles. The van der Waals surface area contributed by atoms with Crippen molar-refractivity contribution in [3.63, 3.8) is 0 Å². The first-order valence-corrected chi connectivity index (χ1v) is 18.8. The number of aryl methyl sites for hydroxylation is 2. The van der Waals surface area contributed by atoms with Crippen molar-refractivity contribution in [2.45, 2.75) is 63.3 Å². The predicted molar refractivity (Wildman–Crippen MR) is 194 cm³/mol. The molecule has 5 rings (SSSR count). The molecule has 2 aromatic heterocycles. The highest BCUT2D eigenvalue weighted by Crippen LogP contribution is 2.37. The molecule has 9 N–H and O–H groups in total. The van der Waals surface area contributed by atoms with Gasteiger partial charge in [0.2, 0.25) is 10.4 Å². The molecule has 0 radical (unpaired) electrons. The highest BCUT2D eigenvalue weighted by Gasteiger charge is 2.57. The maximum absolute atomic E-state index is 13.5. The Hall–Kier alpha value is -5.26. The number of benzene rings is 1. The summed E-state index contributed by atoms with van der Waals surface area (Å²) in [7, 11) is -3.32. The Morgan fingerprint density at radius 2 is 1.93 bits per heavy atom. The number of carbonyl (C=O) groups excluding carboxylic acids is 2. The van der Waals surface area contributed by atoms with Gasteiger partial charge in [-0.3, -0.25) is 14.4 Å². The summed E-state index contributed by atoms with van der Waals surface area (Å²) in [6, 6.07) is 8.31. The second-order valence-corrected chi connectivity index (χ2v) is 15.2. The fourth-order valence-electron chi connectivity index (χ4n) is 5.93. The molecule has 1 fully saturated rings. The molecule has 0 bridgehead atoms. The van der Waals surface area contributed by atoms with Crippen molar-refractivity contribution in [3.8, 4) is 16.9 Å². The average Bonchev–Trinajstić information content (AvgIpc) is 3.56. The summed E-state index contributed by atoms with van der Waals surface area (Å²) in [6.45, 7) is 4.70. The summed E-state index contributed by atoms with van der Waals surface area (Å²) in [5, 5.41) is 25.3. The van der Waals surface area contributed by atoms with Crippen molar-refractivity contribution < 1.29 is 60.8 Å². The third-order valence-corrected chi connectivity index (χ3v) is 10.2. The first-order chi connectivity index (χ1) is 25.8. The number of nitrogens with zero attached hydrogens (tertiary/aromatic N) is 4. The topological polar surface area (TPSA) is 316 Å². The van der Waals surface area contributed by atoms with E-state index < -0.39 is 57.2 Å². The molecule has 2 amide bonds. The van der Waals surface area contributed by atoms with E-state index in [4.69, 9.17) is 36.7 Å². The first-order valence-electron chi connectivity index (χ1n) is 16.6. The van der Waals surface area contributed by atoms with Gasteiger partial charge in [-0.05, 0) is 81.9 Å². The van der Waals surface area contributed by atoms with Gasteiger partial charge in [0.05, 0.1) is 5.54 Å². The Bertz CT molecular complexity index is 2070. The van der Waals surface area contributed by atoms with Gasteiger partial charge in [0.1, 0.15) is 24.5 Å². The second-order valence-electron chi connectivity index (χ2n) is 13.3. The molecule has 4 heterocycles. The molecule has 20 nitrogen and oxygen atoms in total. The highest BCUT2D eigenvalue weighted by molar-refractivity contribution is 7.80. The number of rotatable bonds is 14. The number of β-lactam (4-membered cyclic amide) rings is 1. The monoisotopic (exact) mass is 806 g/mol. The first kappa shape index (κ1) is 42.5. The minimum absolute atomic E-state index is 0.0555. The number of pyridine rings is 1. The number of fused-ring (bicyclic) bond motifs is 1. The molecule has 1 aromatic carbocycles. The Morgan fingerprint density at radius 1 is 1.27 bits per heavy atom. The number of ether oxygens (including phenoxy) is 1. The molecule has 0 aliphatic carbocycles. The van der Waals surface area contributed by atoms with Gasteiger partial charge in [0, 0.05) is 23.4 Å². The lowest BCUT2D eigenvalue weighted by atomic mass is 9.84. The smallest absolute Gasteiger partial charge is 0.354 e. The Balaban J connectivity index is 0.00000217. The van der Waals surface area contributed by atoms with Crippen molar-refractivity contribution in [2.75, 3.05) is 18.8 Å². The number of hydrogen-bond acceptors (Lipinski definition) is 16. The Kier molecular flexibility index (Phi) is 13.2. The highest BCUT2D eigenvalue weighted by atomic mass is 32.3. The molecule has 298 valence electrons. The molecule has 22 heteroatoms. The lowest BCUT2D eigenvalue weighted by molar-refractivity contribution is -0.679. The van der Waals surface area contributed by atoms with Gasteiger partial charge in [-0.2, -0.15) is 9.35 Å². The number of aliphatic carboxylic acids is 1. The van der Waals surface area contributed by atoms with E-state index in [1.54, 1.807) is 6.07 Å². The third kappa shape index (κ3) is 9.52. The third-order valence-electron chi connectivity index (χ3n) is 9.21. The van der Waals surface area contributed by atoms with Crippen LogP contribution in [0.15, 0.2) is 47.1 Å². The van der Waals surface area contributed by atoms with E-state index in [1.807, 2.05) is 42.1 Å². The minimum Gasteiger partial charge on any atom is -0.724 e. The normalized spacial score (nSPS) is 18.8. The number of nitrogens with one attached hydrogen (secondary N) is 1. The molecule has 2 aliphatic rings. The number of carboxylic acids is 1. The number of nitrogen functional groups attached to an aromatic ring is 1. The van der Waals surface area contributed by atoms with Crippen molar-refractivity contribution in [1.82, 2.24) is 15.4 Å². The van der Waals surface area contributed by atoms with Crippen LogP contribution in [0.2, 0.25) is 0 Å². The van der Waals surface area contributed by atoms with E-state index in [2.05, 4.69) is 19.7 Å². The van der Waals surface area contributed by atoms with E-state index in [1.165, 1.54) is 26.2 Å². The number of nitrogens with two attached hydrogens (primary N) is 3. The van der Waals surface area contributed by atoms with Crippen LogP contribution in [0.5, 0.6) is 5.75 Å². The standard InChI is InChI=1S/C32H40N8O10S2.CH2O2/c1-31(2)26(28(42)40(31)50-52(45,46)47)37-27(41)25(22-16-51-30(35)36-22)38-49-32(3,29(43)44)24-10-7-19-12-18(6-9-23(19)48-24)20-5-8-21(39(4)15-20)11-17(13-33)14-34;2-1-3/h5-6,8-9,12,15-17,24,26H,7,10-11,13-14,33-34H2,1-4H3,(H4-,35,36,37,41,43,44,45,46,47);1H,(H,2,3)/b38-25-;/t24-,26-,32?;/m1./s1. The Morgan fingerprint density at radius 3 is 2.47 bits per heavy atom. The maximum atomic E-state index is 13.5. The average molecular weight is 807 g/mol. The zero-order valence-corrected chi connectivity index (χ0v) is 31.8. The number of hydroxylamine groups is 2.